The van der Waals surface area contributed by atoms with Crippen LogP contribution in [0, 0.1) is 17.8 Å². The molecule has 3 aliphatic heterocycles. The lowest BCUT2D eigenvalue weighted by Gasteiger charge is -2.49. The van der Waals surface area contributed by atoms with Gasteiger partial charge < -0.3 is 4.74 Å². The van der Waals surface area contributed by atoms with Crippen LogP contribution in [0.3, 0.4) is 0 Å². The summed E-state index contributed by atoms with van der Waals surface area (Å²) in [6.07, 6.45) is 9.01. The molecule has 3 saturated heterocycles. The van der Waals surface area contributed by atoms with Crippen LogP contribution in [-0.2, 0) is 4.74 Å². The maximum Gasteiger partial charge on any atom is 0.149 e. The van der Waals surface area contributed by atoms with Crippen LogP contribution in [0.4, 0.5) is 0 Å². The fraction of sp³-hybridized carbons (Fsp3) is 0.579. The number of nitrogens with zero attached hydrogens (tertiary/aromatic N) is 1. The van der Waals surface area contributed by atoms with Crippen LogP contribution in [-0.4, -0.2) is 30.3 Å². The van der Waals surface area contributed by atoms with Crippen molar-refractivity contribution in [1.82, 2.24) is 4.90 Å². The molecule has 3 heterocycles. The van der Waals surface area contributed by atoms with Crippen molar-refractivity contribution in [2.24, 2.45) is 17.8 Å². The zero-order valence-electron chi connectivity index (χ0n) is 12.7. The van der Waals surface area contributed by atoms with Gasteiger partial charge in [-0.2, -0.15) is 0 Å². The molecular formula is C19H22BrNO. The standard InChI is InChI=1S/C19H22BrNO/c20-15-6-3-13(4-7-15)16-8-5-14-2-1-10-21-11-9-17(16)18(14)19(21)12-22-19/h3-8,14,16-18H,1-2,9-12H2/t14-,16+,17+,18+,19-/m0/s1. The van der Waals surface area contributed by atoms with E-state index in [1.165, 1.54) is 42.4 Å². The highest BCUT2D eigenvalue weighted by Gasteiger charge is 2.64. The van der Waals surface area contributed by atoms with E-state index < -0.39 is 0 Å². The average molecular weight is 360 g/mol. The van der Waals surface area contributed by atoms with Crippen molar-refractivity contribution < 1.29 is 4.74 Å². The number of ether oxygens (including phenoxy) is 1. The first kappa shape index (κ1) is 13.8. The maximum absolute atomic E-state index is 6.11. The Hall–Kier alpha value is -0.640. The van der Waals surface area contributed by atoms with E-state index in [1.54, 1.807) is 0 Å². The third-order valence-corrected chi connectivity index (χ3v) is 6.93. The summed E-state index contributed by atoms with van der Waals surface area (Å²) >= 11 is 3.56. The fourth-order valence-electron chi connectivity index (χ4n) is 5.39. The van der Waals surface area contributed by atoms with E-state index in [1.807, 2.05) is 0 Å². The molecule has 0 amide bonds. The number of rotatable bonds is 1. The van der Waals surface area contributed by atoms with Crippen molar-refractivity contribution in [3.8, 4) is 0 Å². The second-order valence-electron chi connectivity index (χ2n) is 7.37. The zero-order chi connectivity index (χ0) is 14.7. The van der Waals surface area contributed by atoms with Crippen molar-refractivity contribution in [3.63, 3.8) is 0 Å². The second kappa shape index (κ2) is 4.93. The van der Waals surface area contributed by atoms with Crippen LogP contribution < -0.4 is 0 Å². The van der Waals surface area contributed by atoms with E-state index in [9.17, 15) is 0 Å². The van der Waals surface area contributed by atoms with Crippen LogP contribution in [0.2, 0.25) is 0 Å². The molecule has 1 aromatic rings. The molecule has 4 aliphatic rings. The predicted molar refractivity (Wildman–Crippen MR) is 90.6 cm³/mol. The van der Waals surface area contributed by atoms with Gasteiger partial charge in [0.25, 0.3) is 0 Å². The Morgan fingerprint density at radius 3 is 2.68 bits per heavy atom. The molecule has 116 valence electrons. The first-order chi connectivity index (χ1) is 10.8. The van der Waals surface area contributed by atoms with E-state index in [4.69, 9.17) is 4.74 Å². The van der Waals surface area contributed by atoms with Gasteiger partial charge in [-0.15, -0.1) is 0 Å². The number of allylic oxidation sites excluding steroid dienone is 2. The summed E-state index contributed by atoms with van der Waals surface area (Å²) in [7, 11) is 0. The van der Waals surface area contributed by atoms with Crippen molar-refractivity contribution in [1.29, 1.82) is 0 Å². The van der Waals surface area contributed by atoms with Crippen LogP contribution in [0.5, 0.6) is 0 Å². The van der Waals surface area contributed by atoms with E-state index in [2.05, 4.69) is 57.2 Å². The largest absolute Gasteiger partial charge is 0.353 e. The van der Waals surface area contributed by atoms with Gasteiger partial charge in [0.05, 0.1) is 6.61 Å². The van der Waals surface area contributed by atoms with E-state index in [-0.39, 0.29) is 5.72 Å². The summed E-state index contributed by atoms with van der Waals surface area (Å²) in [5, 5.41) is 0. The van der Waals surface area contributed by atoms with Gasteiger partial charge in [0.2, 0.25) is 0 Å². The summed E-state index contributed by atoms with van der Waals surface area (Å²) in [5.41, 5.74) is 1.57. The molecule has 3 heteroatoms. The molecule has 6 atom stereocenters. The number of epoxide rings is 1. The van der Waals surface area contributed by atoms with Gasteiger partial charge in [-0.05, 0) is 48.8 Å². The minimum Gasteiger partial charge on any atom is -0.353 e. The topological polar surface area (TPSA) is 15.8 Å². The molecule has 1 aliphatic carbocycles. The van der Waals surface area contributed by atoms with Gasteiger partial charge >= 0.3 is 0 Å². The summed E-state index contributed by atoms with van der Waals surface area (Å²) in [4.78, 5) is 2.66. The van der Waals surface area contributed by atoms with Gasteiger partial charge in [0.15, 0.2) is 0 Å². The summed E-state index contributed by atoms with van der Waals surface area (Å²) < 4.78 is 7.28. The third kappa shape index (κ3) is 1.92. The Balaban J connectivity index is 1.56. The number of benzene rings is 1. The van der Waals surface area contributed by atoms with Crippen molar-refractivity contribution in [2.75, 3.05) is 19.7 Å². The average Bonchev–Trinajstić information content (AvgIpc) is 3.33. The van der Waals surface area contributed by atoms with Crippen molar-refractivity contribution in [3.05, 3.63) is 46.5 Å². The normalized spacial score (nSPS) is 45.6. The Bertz CT molecular complexity index is 606. The molecule has 5 rings (SSSR count). The monoisotopic (exact) mass is 359 g/mol. The third-order valence-electron chi connectivity index (χ3n) is 6.40. The summed E-state index contributed by atoms with van der Waals surface area (Å²) in [6, 6.07) is 8.95. The SMILES string of the molecule is Brc1ccc([C@H]2C=C[C@@H]3CCCN4CC[C@H]2[C@@H]3[C@@]42CO2)cc1. The Labute approximate surface area is 140 Å². The lowest BCUT2D eigenvalue weighted by Crippen LogP contribution is -2.54. The van der Waals surface area contributed by atoms with E-state index in [0.29, 0.717) is 11.8 Å². The lowest BCUT2D eigenvalue weighted by molar-refractivity contribution is -0.0490. The predicted octanol–water partition coefficient (Wildman–Crippen LogP) is 4.18. The highest BCUT2D eigenvalue weighted by atomic mass is 79.9. The molecule has 22 heavy (non-hydrogen) atoms. The molecule has 0 radical (unpaired) electrons. The molecule has 0 aromatic heterocycles. The second-order valence-corrected chi connectivity index (χ2v) is 8.28. The van der Waals surface area contributed by atoms with Crippen LogP contribution in [0.1, 0.15) is 30.7 Å². The summed E-state index contributed by atoms with van der Waals surface area (Å²) in [5.74, 6) is 2.73. The lowest BCUT2D eigenvalue weighted by atomic mass is 9.62. The molecule has 1 unspecified atom stereocenters. The highest BCUT2D eigenvalue weighted by molar-refractivity contribution is 9.10. The Kier molecular flexibility index (Phi) is 3.08. The van der Waals surface area contributed by atoms with Crippen molar-refractivity contribution in [2.45, 2.75) is 30.9 Å². The number of hydrogen-bond donors (Lipinski definition) is 0. The number of piperidine rings is 1. The highest BCUT2D eigenvalue weighted by Crippen LogP contribution is 2.58. The van der Waals surface area contributed by atoms with Gasteiger partial charge in [0.1, 0.15) is 5.72 Å². The van der Waals surface area contributed by atoms with Gasteiger partial charge in [-0.25, -0.2) is 0 Å². The number of halogens is 1. The molecule has 0 N–H and O–H groups in total. The first-order valence-electron chi connectivity index (χ1n) is 8.61. The van der Waals surface area contributed by atoms with Gasteiger partial charge in [0, 0.05) is 29.4 Å². The maximum atomic E-state index is 6.11. The van der Waals surface area contributed by atoms with Crippen LogP contribution in [0.15, 0.2) is 40.9 Å². The number of hydrogen-bond acceptors (Lipinski definition) is 2. The Morgan fingerprint density at radius 2 is 1.91 bits per heavy atom. The zero-order valence-corrected chi connectivity index (χ0v) is 14.3. The van der Waals surface area contributed by atoms with Gasteiger partial charge in [-0.3, -0.25) is 4.90 Å². The van der Waals surface area contributed by atoms with E-state index in [0.717, 1.165) is 18.4 Å². The van der Waals surface area contributed by atoms with Gasteiger partial charge in [-0.1, -0.05) is 40.2 Å². The molecule has 1 aromatic carbocycles. The molecule has 2 bridgehead atoms. The quantitative estimate of drug-likeness (QED) is 0.552. The van der Waals surface area contributed by atoms with Crippen molar-refractivity contribution >= 4 is 15.9 Å². The molecule has 2 nitrogen and oxygen atoms in total. The van der Waals surface area contributed by atoms with Crippen LogP contribution in [0.25, 0.3) is 0 Å². The summed E-state index contributed by atoms with van der Waals surface area (Å²) in [6.45, 7) is 3.41. The minimum atomic E-state index is 0.0997. The Morgan fingerprint density at radius 1 is 1.09 bits per heavy atom. The molecular weight excluding hydrogens is 338 g/mol. The van der Waals surface area contributed by atoms with Crippen LogP contribution >= 0.6 is 15.9 Å². The first-order valence-corrected chi connectivity index (χ1v) is 9.40. The molecule has 0 saturated carbocycles. The van der Waals surface area contributed by atoms with E-state index >= 15 is 0 Å². The molecule has 1 spiro atoms. The smallest absolute Gasteiger partial charge is 0.149 e. The fourth-order valence-corrected chi connectivity index (χ4v) is 5.65. The molecule has 3 fully saturated rings. The minimum absolute atomic E-state index is 0.0997.